The van der Waals surface area contributed by atoms with E-state index in [-0.39, 0.29) is 17.9 Å². The van der Waals surface area contributed by atoms with Crippen LogP contribution in [0, 0.1) is 5.41 Å². The van der Waals surface area contributed by atoms with E-state index in [1.165, 1.54) is 33.0 Å². The van der Waals surface area contributed by atoms with E-state index in [1.807, 2.05) is 0 Å². The first-order valence-electron chi connectivity index (χ1n) is 8.86. The molecule has 0 bridgehead atoms. The highest BCUT2D eigenvalue weighted by Gasteiger charge is 2.09. The van der Waals surface area contributed by atoms with Gasteiger partial charge in [-0.1, -0.05) is 53.3 Å². The van der Waals surface area contributed by atoms with Crippen LogP contribution in [0.25, 0.3) is 0 Å². The highest BCUT2D eigenvalue weighted by molar-refractivity contribution is 5.69. The Morgan fingerprint density at radius 3 is 1.39 bits per heavy atom. The summed E-state index contributed by atoms with van der Waals surface area (Å²) in [4.78, 5) is 30.4. The number of hydrogen-bond acceptors (Lipinski definition) is 6. The van der Waals surface area contributed by atoms with Crippen molar-refractivity contribution in [1.82, 2.24) is 0 Å². The molecule has 28 heavy (non-hydrogen) atoms. The van der Waals surface area contributed by atoms with Crippen LogP contribution in [0.1, 0.15) is 66.7 Å². The van der Waals surface area contributed by atoms with Gasteiger partial charge in [0.2, 0.25) is 0 Å². The zero-order valence-electron chi connectivity index (χ0n) is 18.3. The van der Waals surface area contributed by atoms with Gasteiger partial charge in [0.25, 0.3) is 0 Å². The molecule has 0 unspecified atom stereocenters. The van der Waals surface area contributed by atoms with Crippen molar-refractivity contribution in [2.75, 3.05) is 0 Å². The first-order valence-corrected chi connectivity index (χ1v) is 8.86. The summed E-state index contributed by atoms with van der Waals surface area (Å²) in [6.45, 7) is 25.0. The monoisotopic (exact) mass is 398 g/mol. The smallest absolute Gasteiger partial charge is 0.310 e. The lowest BCUT2D eigenvalue weighted by atomic mass is 9.89. The minimum absolute atomic E-state index is 0.171. The molecule has 6 nitrogen and oxygen atoms in total. The van der Waals surface area contributed by atoms with E-state index in [9.17, 15) is 14.4 Å². The summed E-state index contributed by atoms with van der Waals surface area (Å²) < 4.78 is 12.9. The first-order chi connectivity index (χ1) is 13.0. The fourth-order valence-corrected chi connectivity index (χ4v) is 1.49. The third-order valence-electron chi connectivity index (χ3n) is 2.52. The average Bonchev–Trinajstić information content (AvgIpc) is 2.56. The van der Waals surface area contributed by atoms with Crippen molar-refractivity contribution in [3.05, 3.63) is 51.7 Å². The fourth-order valence-electron chi connectivity index (χ4n) is 1.49. The summed E-state index contributed by atoms with van der Waals surface area (Å²) in [6.07, 6.45) is 8.32. The largest absolute Gasteiger partial charge is 0.435 e. The molecule has 0 rings (SSSR count). The number of unbranched alkanes of at least 4 members (excludes halogenated alkanes) is 2. The third-order valence-corrected chi connectivity index (χ3v) is 2.52. The summed E-state index contributed by atoms with van der Waals surface area (Å²) in [6, 6.07) is 0. The van der Waals surface area contributed by atoms with Crippen LogP contribution in [0.15, 0.2) is 51.7 Å². The van der Waals surface area contributed by atoms with Crippen LogP contribution in [0.3, 0.4) is 0 Å². The Morgan fingerprint density at radius 2 is 1.14 bits per heavy atom. The Morgan fingerprint density at radius 1 is 0.750 bits per heavy atom. The summed E-state index contributed by atoms with van der Waals surface area (Å²) in [5.74, 6) is -0.828. The molecule has 0 aromatic carbocycles. The molecule has 0 aromatic rings. The normalized spacial score (nSPS) is 8.61. The molecule has 0 saturated carbocycles. The summed E-state index contributed by atoms with van der Waals surface area (Å²) >= 11 is 0. The highest BCUT2D eigenvalue weighted by atomic mass is 16.5. The van der Waals surface area contributed by atoms with Gasteiger partial charge in [-0.2, -0.15) is 0 Å². The Labute approximate surface area is 170 Å². The molecule has 0 fully saturated rings. The van der Waals surface area contributed by atoms with Gasteiger partial charge < -0.3 is 14.2 Å². The summed E-state index contributed by atoms with van der Waals surface area (Å²) in [5, 5.41) is 0. The third kappa shape index (κ3) is 49.5. The van der Waals surface area contributed by atoms with E-state index in [2.05, 4.69) is 67.9 Å². The molecule has 0 aliphatic carbocycles. The van der Waals surface area contributed by atoms with Crippen LogP contribution in [0.5, 0.6) is 0 Å². The molecule has 0 aromatic heterocycles. The van der Waals surface area contributed by atoms with Gasteiger partial charge in [0, 0.05) is 20.3 Å². The van der Waals surface area contributed by atoms with Crippen LogP contribution in [-0.4, -0.2) is 17.9 Å². The Bertz CT molecular complexity index is 426. The Hall–Kier alpha value is -2.63. The SMILES string of the molecule is C=C.C=COC(=O)CCCCCC(C)(C)C.C=COC(C)=O.C=COC(C)=O. The maximum atomic E-state index is 10.9. The predicted octanol–water partition coefficient (Wildman–Crippen LogP) is 5.86. The maximum Gasteiger partial charge on any atom is 0.310 e. The van der Waals surface area contributed by atoms with Crippen LogP contribution < -0.4 is 0 Å². The second-order valence-electron chi connectivity index (χ2n) is 6.33. The molecule has 0 atom stereocenters. The van der Waals surface area contributed by atoms with Crippen molar-refractivity contribution >= 4 is 17.9 Å². The van der Waals surface area contributed by atoms with Crippen molar-refractivity contribution in [1.29, 1.82) is 0 Å². The molecule has 0 N–H and O–H groups in total. The quantitative estimate of drug-likeness (QED) is 0.168. The summed E-state index contributed by atoms with van der Waals surface area (Å²) in [7, 11) is 0. The second kappa shape index (κ2) is 24.4. The molecule has 0 spiro atoms. The number of carbonyl (C=O) groups excluding carboxylic acids is 3. The maximum absolute atomic E-state index is 10.9. The molecule has 0 aliphatic heterocycles. The van der Waals surface area contributed by atoms with Gasteiger partial charge in [0.15, 0.2) is 0 Å². The van der Waals surface area contributed by atoms with E-state index in [1.54, 1.807) is 0 Å². The van der Waals surface area contributed by atoms with E-state index >= 15 is 0 Å². The van der Waals surface area contributed by atoms with E-state index in [0.717, 1.165) is 25.4 Å². The lowest BCUT2D eigenvalue weighted by molar-refractivity contribution is -0.138. The number of rotatable bonds is 8. The number of carbonyl (C=O) groups is 3. The van der Waals surface area contributed by atoms with Crippen LogP contribution in [0.2, 0.25) is 0 Å². The topological polar surface area (TPSA) is 78.9 Å². The van der Waals surface area contributed by atoms with E-state index in [4.69, 9.17) is 0 Å². The Balaban J connectivity index is -0.000000171. The lowest BCUT2D eigenvalue weighted by Gasteiger charge is -2.17. The standard InChI is InChI=1S/C12H22O2.2C4H6O2.C2H4/c1-5-14-11(13)9-7-6-8-10-12(2,3)4;2*1-3-6-4(2)5;1-2/h5H,1,6-10H2,2-4H3;2*3H,1H2,2H3;1-2H2. The zero-order chi connectivity index (χ0) is 23.0. The minimum atomic E-state index is -0.329. The van der Waals surface area contributed by atoms with Crippen molar-refractivity contribution in [2.45, 2.75) is 66.7 Å². The van der Waals surface area contributed by atoms with Crippen LogP contribution >= 0.6 is 0 Å². The molecule has 0 amide bonds. The van der Waals surface area contributed by atoms with Crippen molar-refractivity contribution < 1.29 is 28.6 Å². The van der Waals surface area contributed by atoms with Crippen molar-refractivity contribution in [3.8, 4) is 0 Å². The molecular weight excluding hydrogens is 360 g/mol. The van der Waals surface area contributed by atoms with E-state index < -0.39 is 0 Å². The molecule has 0 saturated heterocycles. The van der Waals surface area contributed by atoms with Crippen LogP contribution in [0.4, 0.5) is 0 Å². The van der Waals surface area contributed by atoms with Gasteiger partial charge in [0.1, 0.15) is 0 Å². The minimum Gasteiger partial charge on any atom is -0.435 e. The fraction of sp³-hybridized carbons (Fsp3) is 0.500. The van der Waals surface area contributed by atoms with Crippen LogP contribution in [-0.2, 0) is 28.6 Å². The van der Waals surface area contributed by atoms with Gasteiger partial charge >= 0.3 is 17.9 Å². The summed E-state index contributed by atoms with van der Waals surface area (Å²) in [5.41, 5.74) is 0.404. The second-order valence-corrected chi connectivity index (χ2v) is 6.33. The highest BCUT2D eigenvalue weighted by Crippen LogP contribution is 2.22. The molecular formula is C22H38O6. The van der Waals surface area contributed by atoms with Gasteiger partial charge in [-0.25, -0.2) is 0 Å². The number of ether oxygens (including phenoxy) is 3. The molecule has 0 radical (unpaired) electrons. The van der Waals surface area contributed by atoms with Crippen molar-refractivity contribution in [3.63, 3.8) is 0 Å². The average molecular weight is 399 g/mol. The van der Waals surface area contributed by atoms with E-state index in [0.29, 0.717) is 11.8 Å². The van der Waals surface area contributed by atoms with Gasteiger partial charge in [0.05, 0.1) is 18.8 Å². The molecule has 0 heterocycles. The molecule has 6 heteroatoms. The number of esters is 3. The zero-order valence-corrected chi connectivity index (χ0v) is 18.3. The van der Waals surface area contributed by atoms with Gasteiger partial charge in [-0.05, 0) is 18.3 Å². The predicted molar refractivity (Wildman–Crippen MR) is 114 cm³/mol. The van der Waals surface area contributed by atoms with Crippen molar-refractivity contribution in [2.24, 2.45) is 5.41 Å². The van der Waals surface area contributed by atoms with Gasteiger partial charge in [-0.15, -0.1) is 13.2 Å². The molecule has 162 valence electrons. The van der Waals surface area contributed by atoms with Gasteiger partial charge in [-0.3, -0.25) is 14.4 Å². The lowest BCUT2D eigenvalue weighted by Crippen LogP contribution is -2.04. The molecule has 0 aliphatic rings. The first kappa shape index (κ1) is 33.0. The number of hydrogen-bond donors (Lipinski definition) is 0. The Kier molecular flexibility index (Phi) is 28.7.